The molecule has 0 saturated heterocycles. The van der Waals surface area contributed by atoms with Crippen LogP contribution in [0.4, 0.5) is 22.4 Å². The number of aromatic nitrogens is 3. The lowest BCUT2D eigenvalue weighted by atomic mass is 9.81. The largest absolute Gasteiger partial charge is 0.481 e. The number of rotatable bonds is 9. The fourth-order valence-corrected chi connectivity index (χ4v) is 4.53. The first-order valence-corrected chi connectivity index (χ1v) is 11.8. The highest BCUT2D eigenvalue weighted by molar-refractivity contribution is 5.76. The van der Waals surface area contributed by atoms with E-state index in [4.69, 9.17) is 4.74 Å². The maximum Gasteiger partial charge on any atom is 0.408 e. The number of alkyl halides is 4. The molecule has 2 N–H and O–H groups in total. The Balaban J connectivity index is 1.58. The van der Waals surface area contributed by atoms with Crippen LogP contribution in [0.1, 0.15) is 60.9 Å². The number of carboxylic acid groups (broad SMARTS) is 1. The maximum absolute atomic E-state index is 13.8. The van der Waals surface area contributed by atoms with Crippen molar-refractivity contribution in [1.29, 1.82) is 0 Å². The molecular formula is C25H26F4N4O4. The van der Waals surface area contributed by atoms with Crippen molar-refractivity contribution in [1.82, 2.24) is 19.9 Å². The van der Waals surface area contributed by atoms with Crippen molar-refractivity contribution >= 4 is 17.7 Å². The van der Waals surface area contributed by atoms with Crippen molar-refractivity contribution in [3.63, 3.8) is 0 Å². The number of ether oxygens (including phenoxy) is 1. The Morgan fingerprint density at radius 1 is 1.19 bits per heavy atom. The molecular weight excluding hydrogens is 496 g/mol. The van der Waals surface area contributed by atoms with Gasteiger partial charge >= 0.3 is 12.1 Å². The fourth-order valence-electron chi connectivity index (χ4n) is 4.53. The molecule has 1 amide bonds. The summed E-state index contributed by atoms with van der Waals surface area (Å²) in [5, 5.41) is 16.2. The molecule has 1 fully saturated rings. The van der Waals surface area contributed by atoms with E-state index in [1.54, 1.807) is 24.3 Å². The number of halogens is 4. The Morgan fingerprint density at radius 2 is 1.89 bits per heavy atom. The normalized spacial score (nSPS) is 17.4. The van der Waals surface area contributed by atoms with Crippen molar-refractivity contribution in [3.8, 4) is 0 Å². The first-order valence-electron chi connectivity index (χ1n) is 11.8. The monoisotopic (exact) mass is 522 g/mol. The van der Waals surface area contributed by atoms with Gasteiger partial charge in [0.1, 0.15) is 6.61 Å². The van der Waals surface area contributed by atoms with Gasteiger partial charge in [0, 0.05) is 19.3 Å². The predicted molar refractivity (Wildman–Crippen MR) is 123 cm³/mol. The van der Waals surface area contributed by atoms with E-state index in [1.165, 1.54) is 23.0 Å². The van der Waals surface area contributed by atoms with E-state index in [2.05, 4.69) is 15.4 Å². The van der Waals surface area contributed by atoms with E-state index >= 15 is 0 Å². The Labute approximate surface area is 209 Å². The van der Waals surface area contributed by atoms with Gasteiger partial charge in [0.05, 0.1) is 30.0 Å². The standard InChI is InChI=1S/C25H26F4N4O4/c26-20(27)11-18(23(34)35)17-10-21-31-19(13-33(21)30-12-17)22(16-6-8-25(28,29)9-7-16)32-24(36)37-14-15-4-2-1-3-5-15/h1-5,10,12-13,16,18,20,22H,6-9,11,14H2,(H,32,36)(H,34,35)/t18?,22-/m0/s1. The van der Waals surface area contributed by atoms with E-state index in [-0.39, 0.29) is 49.4 Å². The molecule has 0 radical (unpaired) electrons. The van der Waals surface area contributed by atoms with E-state index in [9.17, 15) is 32.3 Å². The van der Waals surface area contributed by atoms with E-state index < -0.39 is 42.8 Å². The van der Waals surface area contributed by atoms with Gasteiger partial charge in [0.2, 0.25) is 12.3 Å². The van der Waals surface area contributed by atoms with Crippen molar-refractivity contribution in [3.05, 3.63) is 65.6 Å². The molecule has 198 valence electrons. The number of amides is 1. The second kappa shape index (κ2) is 11.1. The highest BCUT2D eigenvalue weighted by Crippen LogP contribution is 2.41. The number of nitrogens with one attached hydrogen (secondary N) is 1. The number of imidazole rings is 1. The van der Waals surface area contributed by atoms with Gasteiger partial charge < -0.3 is 15.2 Å². The Hall–Kier alpha value is -3.70. The van der Waals surface area contributed by atoms with Gasteiger partial charge in [-0.25, -0.2) is 31.9 Å². The van der Waals surface area contributed by atoms with Gasteiger partial charge in [-0.3, -0.25) is 4.79 Å². The average molecular weight is 522 g/mol. The summed E-state index contributed by atoms with van der Waals surface area (Å²) in [6.45, 7) is 0.0128. The first-order chi connectivity index (χ1) is 17.6. The predicted octanol–water partition coefficient (Wildman–Crippen LogP) is 5.35. The van der Waals surface area contributed by atoms with Crippen molar-refractivity contribution < 1.29 is 37.0 Å². The number of fused-ring (bicyclic) bond motifs is 1. The van der Waals surface area contributed by atoms with Crippen molar-refractivity contribution in [2.45, 2.75) is 63.0 Å². The molecule has 0 aliphatic heterocycles. The van der Waals surface area contributed by atoms with Crippen LogP contribution < -0.4 is 5.32 Å². The van der Waals surface area contributed by atoms with Crippen LogP contribution in [0.5, 0.6) is 0 Å². The number of hydrogen-bond donors (Lipinski definition) is 2. The molecule has 1 aromatic carbocycles. The van der Waals surface area contributed by atoms with Crippen LogP contribution in [0.25, 0.3) is 5.65 Å². The van der Waals surface area contributed by atoms with Crippen LogP contribution in [0.15, 0.2) is 48.8 Å². The third-order valence-corrected chi connectivity index (χ3v) is 6.51. The third-order valence-electron chi connectivity index (χ3n) is 6.51. The molecule has 8 nitrogen and oxygen atoms in total. The minimum Gasteiger partial charge on any atom is -0.481 e. The second-order valence-corrected chi connectivity index (χ2v) is 9.15. The molecule has 1 unspecified atom stereocenters. The number of carboxylic acids is 1. The molecule has 2 atom stereocenters. The Morgan fingerprint density at radius 3 is 2.54 bits per heavy atom. The molecule has 0 bridgehead atoms. The zero-order valence-corrected chi connectivity index (χ0v) is 19.7. The summed E-state index contributed by atoms with van der Waals surface area (Å²) in [5.74, 6) is -6.03. The lowest BCUT2D eigenvalue weighted by Crippen LogP contribution is -2.37. The summed E-state index contributed by atoms with van der Waals surface area (Å²) in [6, 6.07) is 9.58. The highest BCUT2D eigenvalue weighted by Gasteiger charge is 2.39. The van der Waals surface area contributed by atoms with E-state index in [0.717, 1.165) is 5.56 Å². The molecule has 4 rings (SSSR count). The number of nitrogens with zero attached hydrogens (tertiary/aromatic N) is 3. The zero-order valence-electron chi connectivity index (χ0n) is 19.7. The molecule has 2 aromatic heterocycles. The summed E-state index contributed by atoms with van der Waals surface area (Å²) in [6.07, 6.45) is -2.18. The van der Waals surface area contributed by atoms with Gasteiger partial charge in [-0.15, -0.1) is 0 Å². The molecule has 0 spiro atoms. The van der Waals surface area contributed by atoms with E-state index in [0.29, 0.717) is 5.69 Å². The number of hydrogen-bond acceptors (Lipinski definition) is 5. The quantitative estimate of drug-likeness (QED) is 0.367. The van der Waals surface area contributed by atoms with Gasteiger partial charge in [0.15, 0.2) is 5.65 Å². The van der Waals surface area contributed by atoms with Gasteiger partial charge in [-0.05, 0) is 36.0 Å². The number of benzene rings is 1. The smallest absolute Gasteiger partial charge is 0.408 e. The van der Waals surface area contributed by atoms with Crippen LogP contribution in [-0.4, -0.2) is 44.1 Å². The SMILES string of the molecule is O=C(N[C@H](c1cn2ncc(C(CC(F)F)C(=O)O)cc2n1)C1CCC(F)(F)CC1)OCc1ccccc1. The summed E-state index contributed by atoms with van der Waals surface area (Å²) < 4.78 is 60.1. The Kier molecular flexibility index (Phi) is 7.94. The van der Waals surface area contributed by atoms with Crippen LogP contribution in [0.2, 0.25) is 0 Å². The second-order valence-electron chi connectivity index (χ2n) is 9.15. The van der Waals surface area contributed by atoms with Gasteiger partial charge in [-0.1, -0.05) is 30.3 Å². The molecule has 2 heterocycles. The summed E-state index contributed by atoms with van der Waals surface area (Å²) in [5.41, 5.74) is 1.32. The average Bonchev–Trinajstić information content (AvgIpc) is 3.28. The molecule has 1 saturated carbocycles. The lowest BCUT2D eigenvalue weighted by Gasteiger charge is -2.33. The number of carbonyl (C=O) groups is 2. The Bertz CT molecular complexity index is 1230. The summed E-state index contributed by atoms with van der Waals surface area (Å²) in [7, 11) is 0. The van der Waals surface area contributed by atoms with Crippen molar-refractivity contribution in [2.75, 3.05) is 0 Å². The van der Waals surface area contributed by atoms with Gasteiger partial charge in [0.25, 0.3) is 0 Å². The van der Waals surface area contributed by atoms with Crippen LogP contribution in [0.3, 0.4) is 0 Å². The number of alkyl carbamates (subject to hydrolysis) is 1. The molecule has 1 aliphatic carbocycles. The van der Waals surface area contributed by atoms with Crippen LogP contribution in [0, 0.1) is 5.92 Å². The molecule has 3 aromatic rings. The number of aliphatic carboxylic acids is 1. The molecule has 1 aliphatic rings. The minimum absolute atomic E-state index is 0.0128. The highest BCUT2D eigenvalue weighted by atomic mass is 19.3. The van der Waals surface area contributed by atoms with Crippen LogP contribution >= 0.6 is 0 Å². The molecule has 37 heavy (non-hydrogen) atoms. The lowest BCUT2D eigenvalue weighted by molar-refractivity contribution is -0.139. The zero-order chi connectivity index (χ0) is 26.6. The van der Waals surface area contributed by atoms with E-state index in [1.807, 2.05) is 6.07 Å². The third kappa shape index (κ3) is 6.75. The summed E-state index contributed by atoms with van der Waals surface area (Å²) >= 11 is 0. The summed E-state index contributed by atoms with van der Waals surface area (Å²) in [4.78, 5) is 28.6. The fraction of sp³-hybridized carbons (Fsp3) is 0.440. The topological polar surface area (TPSA) is 106 Å². The van der Waals surface area contributed by atoms with Crippen molar-refractivity contribution in [2.24, 2.45) is 5.92 Å². The minimum atomic E-state index is -2.83. The maximum atomic E-state index is 13.8. The molecule has 12 heteroatoms. The first kappa shape index (κ1) is 26.4. The number of carbonyl (C=O) groups excluding carboxylic acids is 1. The van der Waals surface area contributed by atoms with Gasteiger partial charge in [-0.2, -0.15) is 5.10 Å². The van der Waals surface area contributed by atoms with Crippen LogP contribution in [-0.2, 0) is 16.1 Å².